The molecule has 0 radical (unpaired) electrons. The molecule has 8 heteroatoms. The number of ether oxygens (including phenoxy) is 3. The van der Waals surface area contributed by atoms with E-state index in [2.05, 4.69) is 10.2 Å². The lowest BCUT2D eigenvalue weighted by atomic mass is 10.1. The maximum absolute atomic E-state index is 13.2. The van der Waals surface area contributed by atoms with Gasteiger partial charge in [0.15, 0.2) is 17.3 Å². The molecule has 0 saturated carbocycles. The molecule has 0 aliphatic carbocycles. The summed E-state index contributed by atoms with van der Waals surface area (Å²) >= 11 is 0. The van der Waals surface area contributed by atoms with Crippen molar-refractivity contribution in [2.24, 2.45) is 0 Å². The van der Waals surface area contributed by atoms with Crippen molar-refractivity contribution in [2.75, 3.05) is 26.9 Å². The lowest BCUT2D eigenvalue weighted by Crippen LogP contribution is -2.40. The quantitative estimate of drug-likeness (QED) is 0.823. The molecule has 1 atom stereocenters. The van der Waals surface area contributed by atoms with E-state index in [9.17, 15) is 4.79 Å². The Kier molecular flexibility index (Phi) is 4.50. The number of carbonyl (C=O) groups excluding carboxylic acids is 1. The van der Waals surface area contributed by atoms with Crippen molar-refractivity contribution in [2.45, 2.75) is 32.5 Å². The average Bonchev–Trinajstić information content (AvgIpc) is 2.94. The largest absolute Gasteiger partial charge is 0.486 e. The van der Waals surface area contributed by atoms with E-state index in [1.165, 1.54) is 0 Å². The lowest BCUT2D eigenvalue weighted by molar-refractivity contribution is 0.0684. The van der Waals surface area contributed by atoms with E-state index in [1.54, 1.807) is 13.2 Å². The summed E-state index contributed by atoms with van der Waals surface area (Å²) in [6, 6.07) is 5.46. The number of rotatable bonds is 3. The second kappa shape index (κ2) is 6.95. The topological polar surface area (TPSA) is 78.7 Å². The molecule has 26 heavy (non-hydrogen) atoms. The van der Waals surface area contributed by atoms with E-state index in [0.717, 1.165) is 11.6 Å². The molecule has 0 saturated heterocycles. The third kappa shape index (κ3) is 2.90. The summed E-state index contributed by atoms with van der Waals surface area (Å²) in [5.74, 6) is 2.79. The number of fused-ring (bicyclic) bond motifs is 2. The van der Waals surface area contributed by atoms with Crippen molar-refractivity contribution in [1.82, 2.24) is 19.7 Å². The fraction of sp³-hybridized carbons (Fsp3) is 0.500. The van der Waals surface area contributed by atoms with E-state index >= 15 is 0 Å². The van der Waals surface area contributed by atoms with Crippen LogP contribution in [-0.2, 0) is 24.3 Å². The highest BCUT2D eigenvalue weighted by Crippen LogP contribution is 2.34. The van der Waals surface area contributed by atoms with Crippen molar-refractivity contribution in [3.8, 4) is 11.5 Å². The third-order valence-electron chi connectivity index (χ3n) is 4.81. The van der Waals surface area contributed by atoms with Crippen molar-refractivity contribution in [3.63, 3.8) is 0 Å². The first-order valence-electron chi connectivity index (χ1n) is 8.78. The number of hydrogen-bond donors (Lipinski definition) is 0. The van der Waals surface area contributed by atoms with Crippen LogP contribution in [0.15, 0.2) is 18.2 Å². The lowest BCUT2D eigenvalue weighted by Gasteiger charge is -2.28. The van der Waals surface area contributed by atoms with Crippen LogP contribution in [0.5, 0.6) is 11.5 Å². The van der Waals surface area contributed by atoms with Crippen LogP contribution in [-0.4, -0.2) is 58.5 Å². The molecule has 1 aromatic carbocycles. The number of carbonyl (C=O) groups is 1. The zero-order valence-corrected chi connectivity index (χ0v) is 15.0. The van der Waals surface area contributed by atoms with Gasteiger partial charge in [0.1, 0.15) is 25.6 Å². The zero-order chi connectivity index (χ0) is 18.1. The Bertz CT molecular complexity index is 820. The fourth-order valence-corrected chi connectivity index (χ4v) is 3.52. The Morgan fingerprint density at radius 1 is 1.27 bits per heavy atom. The van der Waals surface area contributed by atoms with Gasteiger partial charge in [-0.1, -0.05) is 6.07 Å². The van der Waals surface area contributed by atoms with E-state index in [4.69, 9.17) is 14.2 Å². The minimum atomic E-state index is -0.0492. The van der Waals surface area contributed by atoms with Crippen LogP contribution in [0.3, 0.4) is 0 Å². The molecule has 0 fully saturated rings. The molecular formula is C18H22N4O4. The Morgan fingerprint density at radius 3 is 2.96 bits per heavy atom. The first kappa shape index (κ1) is 16.8. The molecule has 138 valence electrons. The van der Waals surface area contributed by atoms with Crippen LogP contribution in [0.2, 0.25) is 0 Å². The number of aromatic nitrogens is 3. The van der Waals surface area contributed by atoms with Gasteiger partial charge < -0.3 is 23.7 Å². The number of methoxy groups -OCH3 is 1. The van der Waals surface area contributed by atoms with E-state index in [0.29, 0.717) is 56.4 Å². The second-order valence-corrected chi connectivity index (χ2v) is 6.50. The van der Waals surface area contributed by atoms with Crippen LogP contribution in [0, 0.1) is 0 Å². The van der Waals surface area contributed by atoms with E-state index < -0.39 is 0 Å². The molecule has 4 rings (SSSR count). The molecule has 0 spiro atoms. The van der Waals surface area contributed by atoms with E-state index in [1.807, 2.05) is 28.5 Å². The second-order valence-electron chi connectivity index (χ2n) is 6.50. The standard InChI is InChI=1S/C18H22N4O4/c1-12-10-15-19-20-16(11-24-2)22(15)7-6-21(12)18(23)13-4-3-5-14-17(13)26-9-8-25-14/h3-5,12H,6-11H2,1-2H3/t12-/m1/s1. The van der Waals surface area contributed by atoms with Gasteiger partial charge in [0.2, 0.25) is 0 Å². The van der Waals surface area contributed by atoms with Gasteiger partial charge in [-0.2, -0.15) is 0 Å². The summed E-state index contributed by atoms with van der Waals surface area (Å²) in [4.78, 5) is 15.1. The molecule has 8 nitrogen and oxygen atoms in total. The van der Waals surface area contributed by atoms with Gasteiger partial charge in [-0.25, -0.2) is 0 Å². The maximum Gasteiger partial charge on any atom is 0.258 e. The van der Waals surface area contributed by atoms with E-state index in [-0.39, 0.29) is 11.9 Å². The number of benzene rings is 1. The van der Waals surface area contributed by atoms with Crippen LogP contribution in [0.25, 0.3) is 0 Å². The van der Waals surface area contributed by atoms with Gasteiger partial charge in [-0.3, -0.25) is 4.79 Å². The monoisotopic (exact) mass is 358 g/mol. The SMILES string of the molecule is COCc1nnc2n1CCN(C(=O)c1cccc3c1OCCO3)[C@H](C)C2. The molecule has 0 unspecified atom stereocenters. The van der Waals surface area contributed by atoms with Crippen molar-refractivity contribution >= 4 is 5.91 Å². The maximum atomic E-state index is 13.2. The Labute approximate surface area is 151 Å². The Morgan fingerprint density at radius 2 is 2.12 bits per heavy atom. The highest BCUT2D eigenvalue weighted by Gasteiger charge is 2.30. The summed E-state index contributed by atoms with van der Waals surface area (Å²) in [7, 11) is 1.64. The molecule has 2 aromatic rings. The molecule has 1 aromatic heterocycles. The van der Waals surface area contributed by atoms with Gasteiger partial charge in [0.25, 0.3) is 5.91 Å². The summed E-state index contributed by atoms with van der Waals surface area (Å²) < 4.78 is 18.6. The van der Waals surface area contributed by atoms with Crippen LogP contribution in [0.4, 0.5) is 0 Å². The molecule has 2 aliphatic rings. The minimum Gasteiger partial charge on any atom is -0.486 e. The van der Waals surface area contributed by atoms with Crippen LogP contribution in [0.1, 0.15) is 28.9 Å². The Hall–Kier alpha value is -2.61. The summed E-state index contributed by atoms with van der Waals surface area (Å²) in [6.07, 6.45) is 0.648. The minimum absolute atomic E-state index is 0.00344. The number of para-hydroxylation sites is 1. The number of nitrogens with zero attached hydrogens (tertiary/aromatic N) is 4. The first-order chi connectivity index (χ1) is 12.7. The Balaban J connectivity index is 1.60. The summed E-state index contributed by atoms with van der Waals surface area (Å²) in [5, 5.41) is 8.47. The van der Waals surface area contributed by atoms with Gasteiger partial charge >= 0.3 is 0 Å². The molecule has 3 heterocycles. The third-order valence-corrected chi connectivity index (χ3v) is 4.81. The summed E-state index contributed by atoms with van der Waals surface area (Å²) in [5.41, 5.74) is 0.545. The van der Waals surface area contributed by atoms with Crippen molar-refractivity contribution in [3.05, 3.63) is 35.4 Å². The predicted molar refractivity (Wildman–Crippen MR) is 92.4 cm³/mol. The molecule has 0 N–H and O–H groups in total. The number of hydrogen-bond acceptors (Lipinski definition) is 6. The summed E-state index contributed by atoms with van der Waals surface area (Å²) in [6.45, 7) is 4.61. The van der Waals surface area contributed by atoms with Crippen LogP contribution < -0.4 is 9.47 Å². The molecule has 0 bridgehead atoms. The predicted octanol–water partition coefficient (Wildman–Crippen LogP) is 1.28. The number of amides is 1. The zero-order valence-electron chi connectivity index (χ0n) is 15.0. The average molecular weight is 358 g/mol. The van der Waals surface area contributed by atoms with Crippen molar-refractivity contribution in [1.29, 1.82) is 0 Å². The molecule has 1 amide bonds. The highest BCUT2D eigenvalue weighted by atomic mass is 16.6. The smallest absolute Gasteiger partial charge is 0.258 e. The highest BCUT2D eigenvalue weighted by molar-refractivity contribution is 5.98. The van der Waals surface area contributed by atoms with Gasteiger partial charge in [0.05, 0.1) is 5.56 Å². The fourth-order valence-electron chi connectivity index (χ4n) is 3.52. The van der Waals surface area contributed by atoms with Crippen LogP contribution >= 0.6 is 0 Å². The van der Waals surface area contributed by atoms with Gasteiger partial charge in [-0.15, -0.1) is 10.2 Å². The normalized spacial score (nSPS) is 19.0. The molecular weight excluding hydrogens is 336 g/mol. The van der Waals surface area contributed by atoms with Gasteiger partial charge in [-0.05, 0) is 19.1 Å². The van der Waals surface area contributed by atoms with Crippen molar-refractivity contribution < 1.29 is 19.0 Å². The first-order valence-corrected chi connectivity index (χ1v) is 8.78. The van der Waals surface area contributed by atoms with Gasteiger partial charge in [0, 0.05) is 32.7 Å². The molecule has 2 aliphatic heterocycles.